The van der Waals surface area contributed by atoms with Crippen molar-refractivity contribution in [3.8, 4) is 0 Å². The summed E-state index contributed by atoms with van der Waals surface area (Å²) < 4.78 is 4.84. The summed E-state index contributed by atoms with van der Waals surface area (Å²) >= 11 is 7.52. The van der Waals surface area contributed by atoms with E-state index in [4.69, 9.17) is 4.98 Å². The molecule has 2 aromatic rings. The maximum absolute atomic E-state index is 5.06. The van der Waals surface area contributed by atoms with Crippen LogP contribution in [0.3, 0.4) is 0 Å². The van der Waals surface area contributed by atoms with Gasteiger partial charge >= 0.3 is 0 Å². The van der Waals surface area contributed by atoms with Crippen LogP contribution < -0.4 is 4.90 Å². The van der Waals surface area contributed by atoms with E-state index in [-0.39, 0.29) is 0 Å². The minimum atomic E-state index is 0.607. The highest BCUT2D eigenvalue weighted by atomic mass is 79.9. The van der Waals surface area contributed by atoms with Crippen LogP contribution in [0.5, 0.6) is 0 Å². The number of nitrogens with zero attached hydrogens (tertiary/aromatic N) is 3. The van der Waals surface area contributed by atoms with Gasteiger partial charge in [-0.3, -0.25) is 0 Å². The molecule has 2 aliphatic heterocycles. The molecule has 1 saturated heterocycles. The SMILES string of the molecule is Cc1c(Br)c(Br)c2c3c1nc(N1CCCC1C)n3CCC2. The van der Waals surface area contributed by atoms with E-state index < -0.39 is 0 Å². The first kappa shape index (κ1) is 14.1. The van der Waals surface area contributed by atoms with Gasteiger partial charge in [0.05, 0.1) is 11.0 Å². The van der Waals surface area contributed by atoms with Gasteiger partial charge < -0.3 is 9.47 Å². The lowest BCUT2D eigenvalue weighted by atomic mass is 10.0. The summed E-state index contributed by atoms with van der Waals surface area (Å²) in [5.41, 5.74) is 5.19. The molecule has 112 valence electrons. The van der Waals surface area contributed by atoms with Gasteiger partial charge in [-0.05, 0) is 82.5 Å². The maximum Gasteiger partial charge on any atom is 0.206 e. The molecule has 5 heteroatoms. The van der Waals surface area contributed by atoms with E-state index in [2.05, 4.69) is 55.2 Å². The van der Waals surface area contributed by atoms with E-state index >= 15 is 0 Å². The largest absolute Gasteiger partial charge is 0.340 e. The summed E-state index contributed by atoms with van der Waals surface area (Å²) in [5.74, 6) is 1.18. The first-order valence-corrected chi connectivity index (χ1v) is 9.31. The highest BCUT2D eigenvalue weighted by Gasteiger charge is 2.29. The average Bonchev–Trinajstić information content (AvgIpc) is 3.07. The normalized spacial score (nSPS) is 21.5. The van der Waals surface area contributed by atoms with Crippen molar-refractivity contribution < 1.29 is 0 Å². The summed E-state index contributed by atoms with van der Waals surface area (Å²) in [6.07, 6.45) is 4.89. The minimum Gasteiger partial charge on any atom is -0.340 e. The molecule has 0 saturated carbocycles. The molecule has 3 heterocycles. The summed E-state index contributed by atoms with van der Waals surface area (Å²) in [7, 11) is 0. The fourth-order valence-electron chi connectivity index (χ4n) is 3.82. The molecule has 0 radical (unpaired) electrons. The van der Waals surface area contributed by atoms with Crippen molar-refractivity contribution >= 4 is 48.8 Å². The van der Waals surface area contributed by atoms with Crippen LogP contribution in [0, 0.1) is 6.92 Å². The van der Waals surface area contributed by atoms with Crippen LogP contribution in [0.2, 0.25) is 0 Å². The van der Waals surface area contributed by atoms with Gasteiger partial charge in [0.1, 0.15) is 0 Å². The van der Waals surface area contributed by atoms with Crippen LogP contribution in [0.25, 0.3) is 11.0 Å². The lowest BCUT2D eigenvalue weighted by molar-refractivity contribution is 0.608. The second kappa shape index (κ2) is 4.98. The zero-order chi connectivity index (χ0) is 14.7. The van der Waals surface area contributed by atoms with Crippen molar-refractivity contribution in [1.82, 2.24) is 9.55 Å². The highest BCUT2D eigenvalue weighted by Crippen LogP contribution is 2.42. The van der Waals surface area contributed by atoms with Gasteiger partial charge in [-0.15, -0.1) is 0 Å². The van der Waals surface area contributed by atoms with E-state index in [1.165, 1.54) is 51.8 Å². The van der Waals surface area contributed by atoms with Crippen molar-refractivity contribution in [1.29, 1.82) is 0 Å². The van der Waals surface area contributed by atoms with Gasteiger partial charge in [-0.1, -0.05) is 0 Å². The Kier molecular flexibility index (Phi) is 3.34. The zero-order valence-corrected chi connectivity index (χ0v) is 15.6. The number of aryl methyl sites for hydroxylation is 3. The van der Waals surface area contributed by atoms with Gasteiger partial charge in [-0.25, -0.2) is 4.98 Å². The molecule has 4 rings (SSSR count). The summed E-state index contributed by atoms with van der Waals surface area (Å²) in [5, 5.41) is 0. The maximum atomic E-state index is 5.06. The monoisotopic (exact) mass is 411 g/mol. The molecule has 0 amide bonds. The number of imidazole rings is 1. The van der Waals surface area contributed by atoms with Crippen LogP contribution in [-0.2, 0) is 13.0 Å². The van der Waals surface area contributed by atoms with Gasteiger partial charge in [0.25, 0.3) is 0 Å². The standard InChI is InChI=1S/C16H19Br2N3/c1-9-5-3-7-20(9)16-19-14-10(2)12(17)13(18)11-6-4-8-21(16)15(11)14/h9H,3-8H2,1-2H3. The molecule has 0 N–H and O–H groups in total. The molecule has 0 spiro atoms. The predicted octanol–water partition coefficient (Wildman–Crippen LogP) is 4.80. The number of aromatic nitrogens is 2. The first-order valence-electron chi connectivity index (χ1n) is 7.73. The van der Waals surface area contributed by atoms with Crippen molar-refractivity contribution in [3.05, 3.63) is 20.1 Å². The Bertz CT molecular complexity index is 735. The third kappa shape index (κ3) is 1.93. The number of halogens is 2. The number of benzene rings is 1. The Morgan fingerprint density at radius 2 is 1.95 bits per heavy atom. The van der Waals surface area contributed by atoms with E-state index in [1.807, 2.05) is 0 Å². The highest BCUT2D eigenvalue weighted by molar-refractivity contribution is 9.13. The summed E-state index contributed by atoms with van der Waals surface area (Å²) in [4.78, 5) is 7.55. The van der Waals surface area contributed by atoms with Gasteiger partial charge in [0, 0.05) is 28.1 Å². The Morgan fingerprint density at radius 3 is 2.67 bits per heavy atom. The molecule has 0 aliphatic carbocycles. The summed E-state index contributed by atoms with van der Waals surface area (Å²) in [6.45, 7) is 6.72. The van der Waals surface area contributed by atoms with E-state index in [0.717, 1.165) is 24.0 Å². The molecule has 2 aliphatic rings. The second-order valence-electron chi connectivity index (χ2n) is 6.28. The number of hydrogen-bond acceptors (Lipinski definition) is 2. The Morgan fingerprint density at radius 1 is 1.14 bits per heavy atom. The Balaban J connectivity index is 2.03. The quantitative estimate of drug-likeness (QED) is 0.670. The van der Waals surface area contributed by atoms with Crippen LogP contribution in [0.4, 0.5) is 5.95 Å². The smallest absolute Gasteiger partial charge is 0.206 e. The van der Waals surface area contributed by atoms with E-state index in [0.29, 0.717) is 6.04 Å². The molecule has 1 fully saturated rings. The molecule has 1 aromatic heterocycles. The Hall–Kier alpha value is -0.550. The number of hydrogen-bond donors (Lipinski definition) is 0. The van der Waals surface area contributed by atoms with Crippen molar-refractivity contribution in [2.45, 2.75) is 52.1 Å². The molecular weight excluding hydrogens is 394 g/mol. The number of rotatable bonds is 1. The molecule has 1 unspecified atom stereocenters. The minimum absolute atomic E-state index is 0.607. The fraction of sp³-hybridized carbons (Fsp3) is 0.562. The third-order valence-corrected chi connectivity index (χ3v) is 7.39. The third-order valence-electron chi connectivity index (χ3n) is 4.99. The molecule has 3 nitrogen and oxygen atoms in total. The molecule has 1 aromatic carbocycles. The lowest BCUT2D eigenvalue weighted by Gasteiger charge is -2.25. The first-order chi connectivity index (χ1) is 10.1. The molecule has 0 bridgehead atoms. The summed E-state index contributed by atoms with van der Waals surface area (Å²) in [6, 6.07) is 0.607. The Labute approximate surface area is 142 Å². The van der Waals surface area contributed by atoms with Gasteiger partial charge in [-0.2, -0.15) is 0 Å². The molecule has 21 heavy (non-hydrogen) atoms. The van der Waals surface area contributed by atoms with Crippen LogP contribution in [0.1, 0.15) is 37.3 Å². The fourth-order valence-corrected chi connectivity index (χ4v) is 4.93. The van der Waals surface area contributed by atoms with E-state index in [9.17, 15) is 0 Å². The van der Waals surface area contributed by atoms with E-state index in [1.54, 1.807) is 0 Å². The molecule has 1 atom stereocenters. The van der Waals surface area contributed by atoms with Crippen molar-refractivity contribution in [3.63, 3.8) is 0 Å². The second-order valence-corrected chi connectivity index (χ2v) is 7.87. The van der Waals surface area contributed by atoms with Gasteiger partial charge in [0.2, 0.25) is 5.95 Å². The van der Waals surface area contributed by atoms with Crippen molar-refractivity contribution in [2.24, 2.45) is 0 Å². The van der Waals surface area contributed by atoms with Crippen LogP contribution in [0.15, 0.2) is 8.95 Å². The van der Waals surface area contributed by atoms with Gasteiger partial charge in [0.15, 0.2) is 0 Å². The predicted molar refractivity (Wildman–Crippen MR) is 94.2 cm³/mol. The number of anilines is 1. The molecular formula is C16H19Br2N3. The zero-order valence-electron chi connectivity index (χ0n) is 12.4. The van der Waals surface area contributed by atoms with Crippen LogP contribution >= 0.6 is 31.9 Å². The van der Waals surface area contributed by atoms with Crippen molar-refractivity contribution in [2.75, 3.05) is 11.4 Å². The topological polar surface area (TPSA) is 21.1 Å². The average molecular weight is 413 g/mol. The lowest BCUT2D eigenvalue weighted by Crippen LogP contribution is -2.29. The van der Waals surface area contributed by atoms with Crippen LogP contribution in [-0.4, -0.2) is 22.1 Å².